The molecule has 0 bridgehead atoms. The Morgan fingerprint density at radius 3 is 2.33 bits per heavy atom. The number of sulfonamides is 1. The Bertz CT molecular complexity index is 1020. The van der Waals surface area contributed by atoms with E-state index in [-0.39, 0.29) is 5.92 Å². The molecular formula is C21H22N2O3S. The first-order valence-corrected chi connectivity index (χ1v) is 10.6. The molecule has 0 amide bonds. The highest BCUT2D eigenvalue weighted by Crippen LogP contribution is 2.32. The van der Waals surface area contributed by atoms with Gasteiger partial charge in [-0.2, -0.15) is 4.31 Å². The van der Waals surface area contributed by atoms with Crippen molar-refractivity contribution in [3.63, 3.8) is 0 Å². The lowest BCUT2D eigenvalue weighted by Crippen LogP contribution is -2.37. The molecule has 5 nitrogen and oxygen atoms in total. The predicted molar refractivity (Wildman–Crippen MR) is 104 cm³/mol. The molecule has 140 valence electrons. The Kier molecular flexibility index (Phi) is 4.85. The molecule has 0 radical (unpaired) electrons. The second-order valence-electron chi connectivity index (χ2n) is 6.94. The third kappa shape index (κ3) is 3.68. The largest absolute Gasteiger partial charge is 0.361 e. The van der Waals surface area contributed by atoms with Crippen LogP contribution in [0.4, 0.5) is 0 Å². The fourth-order valence-corrected chi connectivity index (χ4v) is 5.09. The van der Waals surface area contributed by atoms with Crippen LogP contribution in [0.1, 0.15) is 30.2 Å². The SMILES string of the molecule is Cc1cc(C2CCN(S(=O)(=O)c3cccc(-c4ccccc4)c3)CC2)on1. The van der Waals surface area contributed by atoms with Gasteiger partial charge in [0.2, 0.25) is 10.0 Å². The van der Waals surface area contributed by atoms with Crippen LogP contribution >= 0.6 is 0 Å². The van der Waals surface area contributed by atoms with Gasteiger partial charge in [0.05, 0.1) is 10.6 Å². The third-order valence-electron chi connectivity index (χ3n) is 5.08. The van der Waals surface area contributed by atoms with E-state index in [1.54, 1.807) is 22.5 Å². The van der Waals surface area contributed by atoms with E-state index in [2.05, 4.69) is 5.16 Å². The molecule has 0 saturated carbocycles. The summed E-state index contributed by atoms with van der Waals surface area (Å²) in [5.74, 6) is 1.09. The van der Waals surface area contributed by atoms with Gasteiger partial charge in [0.15, 0.2) is 0 Å². The second-order valence-corrected chi connectivity index (χ2v) is 8.88. The highest BCUT2D eigenvalue weighted by molar-refractivity contribution is 7.89. The molecule has 1 fully saturated rings. The summed E-state index contributed by atoms with van der Waals surface area (Å²) in [6, 6.07) is 18.9. The van der Waals surface area contributed by atoms with Gasteiger partial charge in [-0.1, -0.05) is 47.6 Å². The van der Waals surface area contributed by atoms with Crippen LogP contribution in [-0.2, 0) is 10.0 Å². The zero-order valence-corrected chi connectivity index (χ0v) is 16.0. The zero-order chi connectivity index (χ0) is 18.9. The van der Waals surface area contributed by atoms with E-state index < -0.39 is 10.0 Å². The summed E-state index contributed by atoms with van der Waals surface area (Å²) >= 11 is 0. The van der Waals surface area contributed by atoms with Crippen molar-refractivity contribution < 1.29 is 12.9 Å². The average Bonchev–Trinajstić information content (AvgIpc) is 3.15. The molecular weight excluding hydrogens is 360 g/mol. The zero-order valence-electron chi connectivity index (χ0n) is 15.2. The van der Waals surface area contributed by atoms with Gasteiger partial charge in [-0.25, -0.2) is 8.42 Å². The minimum Gasteiger partial charge on any atom is -0.361 e. The number of nitrogens with zero attached hydrogens (tertiary/aromatic N) is 2. The van der Waals surface area contributed by atoms with Crippen molar-refractivity contribution in [2.75, 3.05) is 13.1 Å². The molecule has 3 aromatic rings. The van der Waals surface area contributed by atoms with Crippen LogP contribution in [0.15, 0.2) is 70.1 Å². The van der Waals surface area contributed by atoms with Crippen molar-refractivity contribution in [3.8, 4) is 11.1 Å². The fraction of sp³-hybridized carbons (Fsp3) is 0.286. The van der Waals surface area contributed by atoms with Crippen molar-refractivity contribution in [2.24, 2.45) is 0 Å². The molecule has 27 heavy (non-hydrogen) atoms. The number of rotatable bonds is 4. The van der Waals surface area contributed by atoms with E-state index in [0.717, 1.165) is 35.4 Å². The first-order valence-electron chi connectivity index (χ1n) is 9.13. The van der Waals surface area contributed by atoms with Crippen molar-refractivity contribution in [1.29, 1.82) is 0 Å². The van der Waals surface area contributed by atoms with Crippen molar-refractivity contribution in [2.45, 2.75) is 30.6 Å². The molecule has 0 atom stereocenters. The first-order chi connectivity index (χ1) is 13.0. The highest BCUT2D eigenvalue weighted by atomic mass is 32.2. The van der Waals surface area contributed by atoms with Crippen molar-refractivity contribution in [3.05, 3.63) is 72.1 Å². The summed E-state index contributed by atoms with van der Waals surface area (Å²) < 4.78 is 33.2. The molecule has 1 aliphatic rings. The average molecular weight is 382 g/mol. The summed E-state index contributed by atoms with van der Waals surface area (Å²) in [5.41, 5.74) is 2.77. The summed E-state index contributed by atoms with van der Waals surface area (Å²) in [6.45, 7) is 2.87. The molecule has 4 rings (SSSR count). The van der Waals surface area contributed by atoms with Crippen LogP contribution in [0.25, 0.3) is 11.1 Å². The van der Waals surface area contributed by atoms with Crippen LogP contribution in [0.2, 0.25) is 0 Å². The number of piperidine rings is 1. The van der Waals surface area contributed by atoms with Crippen LogP contribution < -0.4 is 0 Å². The minimum atomic E-state index is -3.51. The molecule has 2 aromatic carbocycles. The van der Waals surface area contributed by atoms with E-state index in [0.29, 0.717) is 18.0 Å². The van der Waals surface area contributed by atoms with E-state index >= 15 is 0 Å². The van der Waals surface area contributed by atoms with E-state index in [4.69, 9.17) is 4.52 Å². The maximum absolute atomic E-state index is 13.1. The monoisotopic (exact) mass is 382 g/mol. The highest BCUT2D eigenvalue weighted by Gasteiger charge is 2.31. The van der Waals surface area contributed by atoms with Gasteiger partial charge in [-0.3, -0.25) is 0 Å². The normalized spacial score (nSPS) is 16.5. The van der Waals surface area contributed by atoms with E-state index in [9.17, 15) is 8.42 Å². The quantitative estimate of drug-likeness (QED) is 0.678. The number of aryl methyl sites for hydroxylation is 1. The van der Waals surface area contributed by atoms with Crippen LogP contribution in [0.5, 0.6) is 0 Å². The molecule has 0 spiro atoms. The summed E-state index contributed by atoms with van der Waals surface area (Å²) in [6.07, 6.45) is 1.48. The van der Waals surface area contributed by atoms with Gasteiger partial charge in [0.1, 0.15) is 5.76 Å². The Morgan fingerprint density at radius 2 is 1.67 bits per heavy atom. The standard InChI is InChI=1S/C21H22N2O3S/c1-16-14-21(26-22-16)18-10-12-23(13-11-18)27(24,25)20-9-5-8-19(15-20)17-6-3-2-4-7-17/h2-9,14-15,18H,10-13H2,1H3. The third-order valence-corrected chi connectivity index (χ3v) is 6.98. The molecule has 0 aliphatic carbocycles. The molecule has 6 heteroatoms. The maximum atomic E-state index is 13.1. The van der Waals surface area contributed by atoms with Crippen LogP contribution in [0.3, 0.4) is 0 Å². The summed E-state index contributed by atoms with van der Waals surface area (Å²) in [4.78, 5) is 0.345. The topological polar surface area (TPSA) is 63.4 Å². The number of benzene rings is 2. The molecule has 1 aromatic heterocycles. The fourth-order valence-electron chi connectivity index (χ4n) is 3.57. The van der Waals surface area contributed by atoms with Gasteiger partial charge in [0, 0.05) is 25.1 Å². The molecule has 0 N–H and O–H groups in total. The summed E-state index contributed by atoms with van der Waals surface area (Å²) in [5, 5.41) is 3.94. The summed E-state index contributed by atoms with van der Waals surface area (Å²) in [7, 11) is -3.51. The van der Waals surface area contributed by atoms with E-state index in [1.807, 2.05) is 49.4 Å². The number of hydrogen-bond donors (Lipinski definition) is 0. The molecule has 1 saturated heterocycles. The Balaban J connectivity index is 1.52. The molecule has 0 unspecified atom stereocenters. The molecule has 1 aliphatic heterocycles. The van der Waals surface area contributed by atoms with Gasteiger partial charge in [0.25, 0.3) is 0 Å². The smallest absolute Gasteiger partial charge is 0.243 e. The predicted octanol–water partition coefficient (Wildman–Crippen LogP) is 4.22. The molecule has 2 heterocycles. The first kappa shape index (κ1) is 17.9. The lowest BCUT2D eigenvalue weighted by Gasteiger charge is -2.30. The van der Waals surface area contributed by atoms with Crippen LogP contribution in [0, 0.1) is 6.92 Å². The second kappa shape index (κ2) is 7.29. The van der Waals surface area contributed by atoms with Crippen LogP contribution in [-0.4, -0.2) is 31.0 Å². The van der Waals surface area contributed by atoms with Gasteiger partial charge >= 0.3 is 0 Å². The maximum Gasteiger partial charge on any atom is 0.243 e. The Labute approximate surface area is 159 Å². The van der Waals surface area contributed by atoms with Crippen molar-refractivity contribution >= 4 is 10.0 Å². The minimum absolute atomic E-state index is 0.230. The van der Waals surface area contributed by atoms with Gasteiger partial charge in [-0.05, 0) is 43.0 Å². The lowest BCUT2D eigenvalue weighted by molar-refractivity contribution is 0.275. The number of aromatic nitrogens is 1. The lowest BCUT2D eigenvalue weighted by atomic mass is 9.95. The Hall–Kier alpha value is -2.44. The Morgan fingerprint density at radius 1 is 0.963 bits per heavy atom. The van der Waals surface area contributed by atoms with E-state index in [1.165, 1.54) is 0 Å². The van der Waals surface area contributed by atoms with Gasteiger partial charge in [-0.15, -0.1) is 0 Å². The van der Waals surface area contributed by atoms with Crippen molar-refractivity contribution in [1.82, 2.24) is 9.46 Å². The van der Waals surface area contributed by atoms with Gasteiger partial charge < -0.3 is 4.52 Å². The number of hydrogen-bond acceptors (Lipinski definition) is 4.